The monoisotopic (exact) mass is 681 g/mol. The Bertz CT molecular complexity index is 1800. The second kappa shape index (κ2) is 17.5. The highest BCUT2D eigenvalue weighted by molar-refractivity contribution is 6.00. The summed E-state index contributed by atoms with van der Waals surface area (Å²) in [6, 6.07) is 24.2. The summed E-state index contributed by atoms with van der Waals surface area (Å²) in [6.07, 6.45) is 6.71. The summed E-state index contributed by atoms with van der Waals surface area (Å²) in [6.45, 7) is 3.48. The molecule has 0 aliphatic carbocycles. The number of urea groups is 2. The van der Waals surface area contributed by atoms with Crippen LogP contribution < -0.4 is 35.8 Å². The van der Waals surface area contributed by atoms with Crippen LogP contribution in [0.4, 0.5) is 52.5 Å². The van der Waals surface area contributed by atoms with Crippen LogP contribution in [0.3, 0.4) is 0 Å². The van der Waals surface area contributed by atoms with E-state index in [1.807, 2.05) is 11.0 Å². The molecule has 0 unspecified atom stereocenters. The minimum Gasteiger partial charge on any atom is -0.497 e. The molecule has 4 N–H and O–H groups in total. The number of carbonyl (C=O) groups excluding carboxylic acids is 2. The zero-order chi connectivity index (χ0) is 35.3. The van der Waals surface area contributed by atoms with Crippen molar-refractivity contribution in [3.63, 3.8) is 0 Å². The highest BCUT2D eigenvalue weighted by atomic mass is 19.1. The minimum absolute atomic E-state index is 0.318. The predicted molar refractivity (Wildman–Crippen MR) is 194 cm³/mol. The van der Waals surface area contributed by atoms with Crippen molar-refractivity contribution in [1.82, 2.24) is 0 Å². The molecule has 2 fully saturated rings. The van der Waals surface area contributed by atoms with Crippen LogP contribution in [0.25, 0.3) is 0 Å². The van der Waals surface area contributed by atoms with Crippen molar-refractivity contribution in [2.75, 3.05) is 64.4 Å². The summed E-state index contributed by atoms with van der Waals surface area (Å²) in [4.78, 5) is 28.2. The number of piperidine rings is 2. The van der Waals surface area contributed by atoms with Gasteiger partial charge in [0.15, 0.2) is 0 Å². The van der Waals surface area contributed by atoms with Crippen LogP contribution in [0, 0.1) is 23.0 Å². The van der Waals surface area contributed by atoms with Crippen molar-refractivity contribution in [3.8, 4) is 11.8 Å². The smallest absolute Gasteiger partial charge is 0.323 e. The summed E-state index contributed by atoms with van der Waals surface area (Å²) < 4.78 is 33.8. The number of rotatable bonds is 7. The van der Waals surface area contributed by atoms with Crippen molar-refractivity contribution in [2.45, 2.75) is 38.5 Å². The molecule has 6 rings (SSSR count). The van der Waals surface area contributed by atoms with Gasteiger partial charge in [-0.05, 0) is 111 Å². The Balaban J connectivity index is 0.000000194. The number of ether oxygens (including phenoxy) is 1. The summed E-state index contributed by atoms with van der Waals surface area (Å²) in [5.41, 5.74) is 3.66. The highest BCUT2D eigenvalue weighted by Crippen LogP contribution is 2.27. The largest absolute Gasteiger partial charge is 0.497 e. The van der Waals surface area contributed by atoms with Crippen LogP contribution in [-0.4, -0.2) is 45.4 Å². The molecule has 0 saturated carbocycles. The van der Waals surface area contributed by atoms with E-state index in [2.05, 4.69) is 26.2 Å². The van der Waals surface area contributed by atoms with Gasteiger partial charge < -0.3 is 35.8 Å². The first-order chi connectivity index (χ1) is 24.3. The first-order valence-corrected chi connectivity index (χ1v) is 16.7. The molecule has 12 heteroatoms. The number of amides is 4. The van der Waals surface area contributed by atoms with Crippen molar-refractivity contribution >= 4 is 46.2 Å². The summed E-state index contributed by atoms with van der Waals surface area (Å²) in [5, 5.41) is 19.4. The summed E-state index contributed by atoms with van der Waals surface area (Å²) in [5.74, 6) is -0.00566. The number of nitrogens with one attached hydrogen (secondary N) is 4. The molecule has 2 heterocycles. The van der Waals surface area contributed by atoms with Gasteiger partial charge in [0.2, 0.25) is 0 Å². The van der Waals surface area contributed by atoms with Crippen LogP contribution in [0.5, 0.6) is 5.75 Å². The molecule has 4 amide bonds. The molecule has 10 nitrogen and oxygen atoms in total. The van der Waals surface area contributed by atoms with Crippen LogP contribution in [-0.2, 0) is 0 Å². The fourth-order valence-electron chi connectivity index (χ4n) is 5.87. The molecule has 2 aliphatic rings. The lowest BCUT2D eigenvalue weighted by Crippen LogP contribution is -2.30. The topological polar surface area (TPSA) is 122 Å². The van der Waals surface area contributed by atoms with E-state index in [1.165, 1.54) is 25.0 Å². The first kappa shape index (κ1) is 35.5. The van der Waals surface area contributed by atoms with Gasteiger partial charge in [-0.25, -0.2) is 18.4 Å². The Morgan fingerprint density at radius 3 is 1.50 bits per heavy atom. The molecule has 0 radical (unpaired) electrons. The number of anilines is 6. The lowest BCUT2D eigenvalue weighted by molar-refractivity contribution is 0.261. The normalized spacial score (nSPS) is 14.0. The van der Waals surface area contributed by atoms with E-state index < -0.39 is 12.1 Å². The average molecular weight is 682 g/mol. The second-order valence-corrected chi connectivity index (χ2v) is 12.0. The molecule has 0 aromatic heterocycles. The van der Waals surface area contributed by atoms with Gasteiger partial charge in [-0.2, -0.15) is 5.26 Å². The SMILES string of the molecule is COc1cccc(NC(=O)Nc2ccc(N3CCCCC3)c(F)c2)c1.N#Cc1ccc(NC(=O)Nc2ccc(N3CCCCC3)c(F)c2)cc1. The van der Waals surface area contributed by atoms with E-state index in [0.29, 0.717) is 45.4 Å². The summed E-state index contributed by atoms with van der Waals surface area (Å²) >= 11 is 0. The molecule has 2 aliphatic heterocycles. The number of halogens is 2. The number of carbonyl (C=O) groups is 2. The molecule has 4 aromatic carbocycles. The van der Waals surface area contributed by atoms with Crippen molar-refractivity contribution in [1.29, 1.82) is 5.26 Å². The van der Waals surface area contributed by atoms with Gasteiger partial charge in [-0.15, -0.1) is 0 Å². The third kappa shape index (κ3) is 10.1. The number of methoxy groups -OCH3 is 1. The van der Waals surface area contributed by atoms with Gasteiger partial charge in [0.1, 0.15) is 17.4 Å². The highest BCUT2D eigenvalue weighted by Gasteiger charge is 2.17. The third-order valence-corrected chi connectivity index (χ3v) is 8.40. The average Bonchev–Trinajstić information content (AvgIpc) is 3.13. The Kier molecular flexibility index (Phi) is 12.4. The maximum Gasteiger partial charge on any atom is 0.323 e. The molecule has 2 saturated heterocycles. The van der Waals surface area contributed by atoms with Gasteiger partial charge in [-0.1, -0.05) is 6.07 Å². The van der Waals surface area contributed by atoms with E-state index in [1.54, 1.807) is 79.9 Å². The van der Waals surface area contributed by atoms with E-state index >= 15 is 0 Å². The van der Waals surface area contributed by atoms with Gasteiger partial charge in [0.25, 0.3) is 0 Å². The quantitative estimate of drug-likeness (QED) is 0.155. The lowest BCUT2D eigenvalue weighted by atomic mass is 10.1. The van der Waals surface area contributed by atoms with Crippen LogP contribution in [0.2, 0.25) is 0 Å². The van der Waals surface area contributed by atoms with E-state index in [4.69, 9.17) is 10.00 Å². The molecule has 0 atom stereocenters. The maximum absolute atomic E-state index is 14.4. The Hall–Kier alpha value is -5.83. The van der Waals surface area contributed by atoms with Gasteiger partial charge in [0, 0.05) is 55.0 Å². The minimum atomic E-state index is -0.463. The van der Waals surface area contributed by atoms with Gasteiger partial charge in [0.05, 0.1) is 30.1 Å². The Labute approximate surface area is 291 Å². The summed E-state index contributed by atoms with van der Waals surface area (Å²) in [7, 11) is 1.56. The molecule has 4 aromatic rings. The van der Waals surface area contributed by atoms with Crippen molar-refractivity contribution < 1.29 is 23.1 Å². The third-order valence-electron chi connectivity index (χ3n) is 8.40. The molecule has 50 heavy (non-hydrogen) atoms. The predicted octanol–water partition coefficient (Wildman–Crippen LogP) is 8.80. The van der Waals surface area contributed by atoms with Crippen molar-refractivity contribution in [3.05, 3.63) is 102 Å². The van der Waals surface area contributed by atoms with E-state index in [9.17, 15) is 18.4 Å². The molecule has 0 bridgehead atoms. The molecule has 260 valence electrons. The zero-order valence-electron chi connectivity index (χ0n) is 28.0. The lowest BCUT2D eigenvalue weighted by Gasteiger charge is -2.29. The van der Waals surface area contributed by atoms with Crippen LogP contribution >= 0.6 is 0 Å². The fraction of sp³-hybridized carbons (Fsp3) is 0.289. The zero-order valence-corrected chi connectivity index (χ0v) is 28.0. The molecular formula is C38H41F2N7O3. The maximum atomic E-state index is 14.4. The number of nitriles is 1. The van der Waals surface area contributed by atoms with Crippen LogP contribution in [0.15, 0.2) is 84.9 Å². The number of nitrogens with zero attached hydrogens (tertiary/aromatic N) is 3. The van der Waals surface area contributed by atoms with Gasteiger partial charge >= 0.3 is 12.1 Å². The second-order valence-electron chi connectivity index (χ2n) is 12.0. The van der Waals surface area contributed by atoms with Crippen LogP contribution in [0.1, 0.15) is 44.1 Å². The Morgan fingerprint density at radius 2 is 1.06 bits per heavy atom. The first-order valence-electron chi connectivity index (χ1n) is 16.7. The fourth-order valence-corrected chi connectivity index (χ4v) is 5.87. The molecule has 0 spiro atoms. The van der Waals surface area contributed by atoms with Gasteiger partial charge in [-0.3, -0.25) is 0 Å². The number of benzene rings is 4. The molecular weight excluding hydrogens is 640 g/mol. The number of hydrogen-bond donors (Lipinski definition) is 4. The Morgan fingerprint density at radius 1 is 0.620 bits per heavy atom. The van der Waals surface area contributed by atoms with E-state index in [-0.39, 0.29) is 11.6 Å². The standard InChI is InChI=1S/C19H19FN4O.C19H22FN3O2/c20-17-12-16(8-9-18(17)24-10-2-1-3-11-24)23-19(25)22-15-6-4-14(13-21)5-7-15;1-25-16-7-5-6-14(12-16)21-19(24)22-15-8-9-18(17(20)13-15)23-10-3-2-4-11-23/h4-9,12H,1-3,10-11H2,(H2,22,23,25);5-9,12-13H,2-4,10-11H2,1H3,(H2,21,22,24). The van der Waals surface area contributed by atoms with E-state index in [0.717, 1.165) is 51.9 Å². The van der Waals surface area contributed by atoms with Crippen molar-refractivity contribution in [2.24, 2.45) is 0 Å². The number of hydrogen-bond acceptors (Lipinski definition) is 6.